The molecule has 0 fully saturated rings. The zero-order valence-corrected chi connectivity index (χ0v) is 16.9. The van der Waals surface area contributed by atoms with E-state index in [1.165, 1.54) is 0 Å². The fourth-order valence-electron chi connectivity index (χ4n) is 1.90. The molecule has 0 rings (SSSR count). The van der Waals surface area contributed by atoms with Gasteiger partial charge in [-0.15, -0.1) is 0 Å². The molecule has 0 aromatic rings. The van der Waals surface area contributed by atoms with Crippen LogP contribution < -0.4 is 32.7 Å². The summed E-state index contributed by atoms with van der Waals surface area (Å²) in [6.45, 7) is -0.221. The third kappa shape index (κ3) is 10.8. The molecule has 160 valence electrons. The summed E-state index contributed by atoms with van der Waals surface area (Å²) in [6, 6.07) is -3.02. The molecule has 3 atom stereocenters. The van der Waals surface area contributed by atoms with Crippen LogP contribution >= 0.6 is 25.3 Å². The molecule has 14 heteroatoms. The molecule has 0 spiro atoms. The maximum Gasteiger partial charge on any atom is 0.322 e. The van der Waals surface area contributed by atoms with Gasteiger partial charge in [-0.3, -0.25) is 24.6 Å². The van der Waals surface area contributed by atoms with E-state index in [1.54, 1.807) is 0 Å². The predicted octanol–water partition coefficient (Wildman–Crippen LogP) is -3.39. The van der Waals surface area contributed by atoms with Crippen molar-refractivity contribution in [3.63, 3.8) is 0 Å². The number of carboxylic acid groups (broad SMARTS) is 1. The largest absolute Gasteiger partial charge is 0.480 e. The standard InChI is InChI=1S/C14H27N7O5S2/c15-7(2-1-3-18-14(16)17)11(24)20-9(6-28)13(26)21-8(5-27)12(25)19-4-10(22)23/h7-9,27-28H,1-6,15H2,(H,19,25)(H,20,24)(H,21,26)(H,22,23)(H4,16,17,18)/t7-,8-,9-/m0/s1. The highest BCUT2D eigenvalue weighted by atomic mass is 32.1. The zero-order valence-electron chi connectivity index (χ0n) is 15.1. The van der Waals surface area contributed by atoms with Crippen molar-refractivity contribution in [2.24, 2.45) is 11.5 Å². The van der Waals surface area contributed by atoms with Crippen LogP contribution in [0.15, 0.2) is 0 Å². The Morgan fingerprint density at radius 1 is 0.964 bits per heavy atom. The van der Waals surface area contributed by atoms with E-state index >= 15 is 0 Å². The van der Waals surface area contributed by atoms with Gasteiger partial charge in [0.2, 0.25) is 17.7 Å². The molecule has 0 heterocycles. The predicted molar refractivity (Wildman–Crippen MR) is 109 cm³/mol. The van der Waals surface area contributed by atoms with Crippen molar-refractivity contribution in [1.29, 1.82) is 5.41 Å². The molecule has 28 heavy (non-hydrogen) atoms. The van der Waals surface area contributed by atoms with E-state index in [-0.39, 0.29) is 17.5 Å². The van der Waals surface area contributed by atoms with Crippen molar-refractivity contribution < 1.29 is 24.3 Å². The number of guanidine groups is 1. The number of aliphatic carboxylic acids is 1. The molecule has 0 aliphatic rings. The fourth-order valence-corrected chi connectivity index (χ4v) is 2.42. The number of thiol groups is 2. The molecular formula is C14H27N7O5S2. The molecule has 0 saturated heterocycles. The molecule has 0 unspecified atom stereocenters. The lowest BCUT2D eigenvalue weighted by Gasteiger charge is -2.22. The number of hydrogen-bond donors (Lipinski definition) is 10. The number of hydrogen-bond acceptors (Lipinski definition) is 8. The van der Waals surface area contributed by atoms with Crippen LogP contribution in [0.5, 0.6) is 0 Å². The highest BCUT2D eigenvalue weighted by Crippen LogP contribution is 1.98. The molecule has 0 aliphatic carbocycles. The first kappa shape index (κ1) is 25.8. The average molecular weight is 438 g/mol. The van der Waals surface area contributed by atoms with E-state index in [4.69, 9.17) is 22.0 Å². The van der Waals surface area contributed by atoms with E-state index in [2.05, 4.69) is 46.5 Å². The molecule has 0 saturated carbocycles. The molecule has 0 aromatic heterocycles. The van der Waals surface area contributed by atoms with Gasteiger partial charge in [-0.25, -0.2) is 0 Å². The average Bonchev–Trinajstić information content (AvgIpc) is 2.64. The number of carbonyl (C=O) groups is 4. The number of carbonyl (C=O) groups excluding carboxylic acids is 3. The van der Waals surface area contributed by atoms with E-state index in [0.29, 0.717) is 19.4 Å². The molecule has 3 amide bonds. The van der Waals surface area contributed by atoms with Gasteiger partial charge in [0, 0.05) is 18.1 Å². The van der Waals surface area contributed by atoms with Gasteiger partial charge in [-0.2, -0.15) is 25.3 Å². The number of rotatable bonds is 13. The number of nitrogens with one attached hydrogen (secondary N) is 5. The Morgan fingerprint density at radius 2 is 1.50 bits per heavy atom. The van der Waals surface area contributed by atoms with Crippen molar-refractivity contribution in [2.75, 3.05) is 24.6 Å². The lowest BCUT2D eigenvalue weighted by Crippen LogP contribution is -2.57. The summed E-state index contributed by atoms with van der Waals surface area (Å²) in [5.41, 5.74) is 10.9. The van der Waals surface area contributed by atoms with E-state index in [9.17, 15) is 19.2 Å². The second-order valence-corrected chi connectivity index (χ2v) is 6.42. The summed E-state index contributed by atoms with van der Waals surface area (Å²) in [7, 11) is 0. The molecule has 12 nitrogen and oxygen atoms in total. The van der Waals surface area contributed by atoms with Crippen molar-refractivity contribution in [2.45, 2.75) is 31.0 Å². The van der Waals surface area contributed by atoms with Crippen molar-refractivity contribution >= 4 is 54.9 Å². The smallest absolute Gasteiger partial charge is 0.322 e. The third-order valence-electron chi connectivity index (χ3n) is 3.39. The Bertz CT molecular complexity index is 578. The molecule has 0 aromatic carbocycles. The van der Waals surface area contributed by atoms with Gasteiger partial charge in [0.05, 0.1) is 6.04 Å². The van der Waals surface area contributed by atoms with Crippen LogP contribution in [0.1, 0.15) is 12.8 Å². The zero-order chi connectivity index (χ0) is 21.7. The maximum absolute atomic E-state index is 12.3. The third-order valence-corrected chi connectivity index (χ3v) is 4.12. The minimum atomic E-state index is -1.23. The van der Waals surface area contributed by atoms with Crippen LogP contribution in [0.4, 0.5) is 0 Å². The lowest BCUT2D eigenvalue weighted by atomic mass is 10.1. The Hall–Kier alpha value is -2.19. The summed E-state index contributed by atoms with van der Waals surface area (Å²) in [4.78, 5) is 46.7. The fraction of sp³-hybridized carbons (Fsp3) is 0.643. The van der Waals surface area contributed by atoms with Gasteiger partial charge < -0.3 is 37.8 Å². The summed E-state index contributed by atoms with van der Waals surface area (Å²) in [5, 5.41) is 25.1. The minimum Gasteiger partial charge on any atom is -0.480 e. The first-order valence-electron chi connectivity index (χ1n) is 8.27. The Morgan fingerprint density at radius 3 is 2.00 bits per heavy atom. The summed E-state index contributed by atoms with van der Waals surface area (Å²) in [5.74, 6) is -3.52. The van der Waals surface area contributed by atoms with Crippen LogP contribution in [0.2, 0.25) is 0 Å². The SMILES string of the molecule is N=C(N)NCCC[C@H](N)C(=O)N[C@@H](CS)C(=O)N[C@@H](CS)C(=O)NCC(=O)O. The van der Waals surface area contributed by atoms with Crippen LogP contribution in [0, 0.1) is 5.41 Å². The molecular weight excluding hydrogens is 410 g/mol. The molecule has 10 N–H and O–H groups in total. The summed E-state index contributed by atoms with van der Waals surface area (Å²) >= 11 is 7.97. The number of amides is 3. The van der Waals surface area contributed by atoms with Gasteiger partial charge in [0.15, 0.2) is 5.96 Å². The quantitative estimate of drug-likeness (QED) is 0.0605. The highest BCUT2D eigenvalue weighted by molar-refractivity contribution is 7.80. The van der Waals surface area contributed by atoms with E-state index in [0.717, 1.165) is 0 Å². The second kappa shape index (κ2) is 13.9. The highest BCUT2D eigenvalue weighted by Gasteiger charge is 2.26. The molecule has 0 bridgehead atoms. The first-order valence-corrected chi connectivity index (χ1v) is 9.54. The Kier molecular flexibility index (Phi) is 12.8. The van der Waals surface area contributed by atoms with E-state index in [1.807, 2.05) is 0 Å². The van der Waals surface area contributed by atoms with Crippen LogP contribution in [-0.4, -0.2) is 77.5 Å². The minimum absolute atomic E-state index is 0.0494. The van der Waals surface area contributed by atoms with Gasteiger partial charge in [-0.05, 0) is 12.8 Å². The topological polar surface area (TPSA) is 213 Å². The normalized spacial score (nSPS) is 13.5. The van der Waals surface area contributed by atoms with Crippen molar-refractivity contribution in [1.82, 2.24) is 21.3 Å². The van der Waals surface area contributed by atoms with Gasteiger partial charge in [0.1, 0.15) is 18.6 Å². The number of carboxylic acids is 1. The van der Waals surface area contributed by atoms with Gasteiger partial charge in [0.25, 0.3) is 0 Å². The van der Waals surface area contributed by atoms with Gasteiger partial charge in [-0.1, -0.05) is 0 Å². The van der Waals surface area contributed by atoms with Crippen molar-refractivity contribution in [3.05, 3.63) is 0 Å². The monoisotopic (exact) mass is 437 g/mol. The molecule has 0 aliphatic heterocycles. The van der Waals surface area contributed by atoms with Crippen LogP contribution in [-0.2, 0) is 19.2 Å². The van der Waals surface area contributed by atoms with Gasteiger partial charge >= 0.3 is 5.97 Å². The second-order valence-electron chi connectivity index (χ2n) is 5.69. The van der Waals surface area contributed by atoms with Crippen LogP contribution in [0.3, 0.4) is 0 Å². The Labute approximate surface area is 173 Å². The maximum atomic E-state index is 12.3. The van der Waals surface area contributed by atoms with E-state index < -0.39 is 48.4 Å². The summed E-state index contributed by atoms with van der Waals surface area (Å²) < 4.78 is 0. The van der Waals surface area contributed by atoms with Crippen molar-refractivity contribution in [3.8, 4) is 0 Å². The Balaban J connectivity index is 4.59. The lowest BCUT2D eigenvalue weighted by molar-refractivity contribution is -0.138. The molecule has 0 radical (unpaired) electrons. The first-order chi connectivity index (χ1) is 13.1. The number of nitrogens with two attached hydrogens (primary N) is 2. The summed E-state index contributed by atoms with van der Waals surface area (Å²) in [6.07, 6.45) is 0.779. The van der Waals surface area contributed by atoms with Crippen LogP contribution in [0.25, 0.3) is 0 Å².